The van der Waals surface area contributed by atoms with Gasteiger partial charge in [0.1, 0.15) is 13.4 Å². The highest BCUT2D eigenvalue weighted by Crippen LogP contribution is 2.37. The fourth-order valence-electron chi connectivity index (χ4n) is 3.50. The molecule has 0 spiro atoms. The van der Waals surface area contributed by atoms with Gasteiger partial charge in [0.05, 0.1) is 0 Å². The highest BCUT2D eigenvalue weighted by molar-refractivity contribution is 6.32. The molecule has 3 rings (SSSR count). The molecule has 0 saturated carbocycles. The highest BCUT2D eigenvalue weighted by Gasteiger charge is 2.49. The Hall–Kier alpha value is -2.27. The number of aryl methyl sites for hydroxylation is 1. The van der Waals surface area contributed by atoms with E-state index in [1.165, 1.54) is 0 Å². The molecule has 3 amide bonds. The average Bonchev–Trinajstić information content (AvgIpc) is 2.84. The molecule has 2 aromatic rings. The fourth-order valence-corrected chi connectivity index (χ4v) is 3.63. The molecule has 2 aromatic carbocycles. The Morgan fingerprint density at radius 2 is 1.84 bits per heavy atom. The van der Waals surface area contributed by atoms with Crippen LogP contribution >= 0.6 is 11.6 Å². The lowest BCUT2D eigenvalue weighted by molar-refractivity contribution is -0.124. The normalized spacial score (nSPS) is 20.9. The molecule has 1 heterocycles. The number of carbonyl (C=O) groups excluding carboxylic acids is 2. The van der Waals surface area contributed by atoms with E-state index in [4.69, 9.17) is 11.6 Å². The monoisotopic (exact) mass is 354 g/mol. The van der Waals surface area contributed by atoms with Crippen molar-refractivity contribution in [1.29, 1.82) is 0 Å². The van der Waals surface area contributed by atoms with Crippen molar-refractivity contribution in [1.82, 2.24) is 10.6 Å². The van der Waals surface area contributed by atoms with Crippen LogP contribution in [0.1, 0.15) is 36.0 Å². The summed E-state index contributed by atoms with van der Waals surface area (Å²) in [5.74, 6) is -0.242. The maximum absolute atomic E-state index is 12.8. The number of hydrogen-bond acceptors (Lipinski definition) is 2. The minimum absolute atomic E-state index is 0.0568. The second-order valence-electron chi connectivity index (χ2n) is 6.79. The van der Waals surface area contributed by atoms with Crippen LogP contribution in [0, 0.1) is 6.92 Å². The third-order valence-electron chi connectivity index (χ3n) is 4.85. The third-order valence-corrected chi connectivity index (χ3v) is 5.10. The van der Waals surface area contributed by atoms with Crippen LogP contribution in [-0.4, -0.2) is 19.8 Å². The SMILES string of the molecule is Bc1ccc(C)c(C2(CC(C)c3ccc(Cl)cc3)NC(=O)NC2=O)c1. The van der Waals surface area contributed by atoms with E-state index in [9.17, 15) is 9.59 Å². The topological polar surface area (TPSA) is 58.2 Å². The van der Waals surface area contributed by atoms with Crippen LogP contribution in [-0.2, 0) is 10.3 Å². The number of urea groups is 1. The summed E-state index contributed by atoms with van der Waals surface area (Å²) >= 11 is 5.97. The van der Waals surface area contributed by atoms with Crippen molar-refractivity contribution < 1.29 is 9.59 Å². The lowest BCUT2D eigenvalue weighted by atomic mass is 9.76. The zero-order valence-electron chi connectivity index (χ0n) is 14.5. The quantitative estimate of drug-likeness (QED) is 0.653. The first-order chi connectivity index (χ1) is 11.8. The van der Waals surface area contributed by atoms with Crippen LogP contribution in [0.5, 0.6) is 0 Å². The Kier molecular flexibility index (Phi) is 4.61. The smallest absolute Gasteiger partial charge is 0.319 e. The lowest BCUT2D eigenvalue weighted by Gasteiger charge is -2.31. The van der Waals surface area contributed by atoms with Gasteiger partial charge in [0.15, 0.2) is 0 Å². The zero-order valence-corrected chi connectivity index (χ0v) is 15.3. The van der Waals surface area contributed by atoms with Gasteiger partial charge in [-0.1, -0.05) is 54.3 Å². The van der Waals surface area contributed by atoms with Crippen molar-refractivity contribution in [3.63, 3.8) is 0 Å². The Balaban J connectivity index is 2.04. The summed E-state index contributed by atoms with van der Waals surface area (Å²) in [6.45, 7) is 4.01. The molecule has 25 heavy (non-hydrogen) atoms. The molecule has 0 aliphatic carbocycles. The molecule has 2 unspecified atom stereocenters. The Labute approximate surface area is 153 Å². The van der Waals surface area contributed by atoms with E-state index in [0.717, 1.165) is 22.2 Å². The largest absolute Gasteiger partial charge is 0.322 e. The maximum Gasteiger partial charge on any atom is 0.322 e. The predicted octanol–water partition coefficient (Wildman–Crippen LogP) is 2.14. The van der Waals surface area contributed by atoms with Crippen molar-refractivity contribution >= 4 is 36.8 Å². The summed E-state index contributed by atoms with van der Waals surface area (Å²) in [5, 5.41) is 5.97. The number of halogens is 1. The molecule has 6 heteroatoms. The summed E-state index contributed by atoms with van der Waals surface area (Å²) in [7, 11) is 1.98. The molecule has 2 atom stereocenters. The van der Waals surface area contributed by atoms with Crippen LogP contribution in [0.25, 0.3) is 0 Å². The number of nitrogens with one attached hydrogen (secondary N) is 2. The summed E-state index contributed by atoms with van der Waals surface area (Å²) in [5.41, 5.74) is 2.88. The van der Waals surface area contributed by atoms with Gasteiger partial charge in [0.2, 0.25) is 0 Å². The van der Waals surface area contributed by atoms with Crippen LogP contribution in [0.3, 0.4) is 0 Å². The molecule has 1 saturated heterocycles. The van der Waals surface area contributed by atoms with E-state index in [0.29, 0.717) is 11.4 Å². The van der Waals surface area contributed by atoms with Crippen molar-refractivity contribution in [2.75, 3.05) is 0 Å². The standard InChI is InChI=1S/C19H20BClN2O2/c1-11-3-6-14(20)9-16(11)19(17(24)22-18(25)23-19)10-12(2)13-4-7-15(21)8-5-13/h3-9,12H,10,20H2,1-2H3,(H2,22,23,24,25). The fraction of sp³-hybridized carbons (Fsp3) is 0.263. The van der Waals surface area contributed by atoms with Gasteiger partial charge in [-0.25, -0.2) is 4.79 Å². The number of carbonyl (C=O) groups is 2. The number of benzene rings is 2. The van der Waals surface area contributed by atoms with Crippen LogP contribution < -0.4 is 16.1 Å². The molecule has 0 aromatic heterocycles. The molecule has 0 radical (unpaired) electrons. The van der Waals surface area contributed by atoms with Gasteiger partial charge < -0.3 is 5.32 Å². The van der Waals surface area contributed by atoms with E-state index >= 15 is 0 Å². The summed E-state index contributed by atoms with van der Waals surface area (Å²) in [6.07, 6.45) is 0.469. The molecule has 1 aliphatic rings. The second-order valence-corrected chi connectivity index (χ2v) is 7.23. The van der Waals surface area contributed by atoms with Gasteiger partial charge in [-0.05, 0) is 48.1 Å². The number of imide groups is 1. The second kappa shape index (κ2) is 6.56. The average molecular weight is 355 g/mol. The first-order valence-electron chi connectivity index (χ1n) is 8.28. The molecule has 0 bridgehead atoms. The minimum Gasteiger partial charge on any atom is -0.319 e. The van der Waals surface area contributed by atoms with Crippen LogP contribution in [0.15, 0.2) is 42.5 Å². The highest BCUT2D eigenvalue weighted by atomic mass is 35.5. The number of hydrogen-bond donors (Lipinski definition) is 2. The summed E-state index contributed by atoms with van der Waals surface area (Å²) in [4.78, 5) is 24.7. The summed E-state index contributed by atoms with van der Waals surface area (Å²) < 4.78 is 0. The first kappa shape index (κ1) is 17.6. The lowest BCUT2D eigenvalue weighted by Crippen LogP contribution is -2.45. The Bertz CT molecular complexity index is 838. The number of amides is 3. The molecule has 128 valence electrons. The van der Waals surface area contributed by atoms with Gasteiger partial charge in [0, 0.05) is 5.02 Å². The van der Waals surface area contributed by atoms with E-state index < -0.39 is 11.6 Å². The molecule has 2 N–H and O–H groups in total. The van der Waals surface area contributed by atoms with Gasteiger partial charge in [-0.15, -0.1) is 0 Å². The number of rotatable bonds is 4. The minimum atomic E-state index is -1.06. The maximum atomic E-state index is 12.8. The van der Waals surface area contributed by atoms with Crippen molar-refractivity contribution in [3.05, 3.63) is 64.2 Å². The van der Waals surface area contributed by atoms with Gasteiger partial charge in [-0.3, -0.25) is 10.1 Å². The van der Waals surface area contributed by atoms with E-state index in [2.05, 4.69) is 10.6 Å². The van der Waals surface area contributed by atoms with E-state index in [1.54, 1.807) is 0 Å². The van der Waals surface area contributed by atoms with Gasteiger partial charge in [-0.2, -0.15) is 0 Å². The first-order valence-corrected chi connectivity index (χ1v) is 8.66. The van der Waals surface area contributed by atoms with Crippen molar-refractivity contribution in [2.24, 2.45) is 0 Å². The molecular weight excluding hydrogens is 334 g/mol. The molecule has 1 aliphatic heterocycles. The Morgan fingerprint density at radius 1 is 1.16 bits per heavy atom. The molecular formula is C19H20BClN2O2. The third kappa shape index (κ3) is 3.29. The summed E-state index contributed by atoms with van der Waals surface area (Å²) in [6, 6.07) is 13.1. The predicted molar refractivity (Wildman–Crippen MR) is 102 cm³/mol. The van der Waals surface area contributed by atoms with Gasteiger partial charge >= 0.3 is 6.03 Å². The van der Waals surface area contributed by atoms with E-state index in [-0.39, 0.29) is 11.8 Å². The molecule has 1 fully saturated rings. The van der Waals surface area contributed by atoms with Crippen molar-refractivity contribution in [2.45, 2.75) is 31.7 Å². The molecule has 4 nitrogen and oxygen atoms in total. The van der Waals surface area contributed by atoms with Crippen LogP contribution in [0.4, 0.5) is 4.79 Å². The van der Waals surface area contributed by atoms with Gasteiger partial charge in [0.25, 0.3) is 5.91 Å². The van der Waals surface area contributed by atoms with E-state index in [1.807, 2.05) is 64.2 Å². The van der Waals surface area contributed by atoms with Crippen LogP contribution in [0.2, 0.25) is 5.02 Å². The zero-order chi connectivity index (χ0) is 18.2. The Morgan fingerprint density at radius 3 is 2.44 bits per heavy atom. The van der Waals surface area contributed by atoms with Crippen molar-refractivity contribution in [3.8, 4) is 0 Å².